The third-order valence-corrected chi connectivity index (χ3v) is 6.87. The number of nitrogens with two attached hydrogens (primary N) is 2. The van der Waals surface area contributed by atoms with Crippen molar-refractivity contribution in [2.75, 3.05) is 5.75 Å². The van der Waals surface area contributed by atoms with Gasteiger partial charge in [0, 0.05) is 35.6 Å². The lowest BCUT2D eigenvalue weighted by molar-refractivity contribution is -0.689. The van der Waals surface area contributed by atoms with Gasteiger partial charge in [-0.25, -0.2) is 4.57 Å². The molecule has 4 rings (SSSR count). The van der Waals surface area contributed by atoms with Crippen LogP contribution in [0, 0.1) is 0 Å². The fourth-order valence-electron chi connectivity index (χ4n) is 3.76. The first-order chi connectivity index (χ1) is 15.8. The Labute approximate surface area is 193 Å². The lowest BCUT2D eigenvalue weighted by atomic mass is 10.0. The predicted octanol–water partition coefficient (Wildman–Crippen LogP) is -1.75. The van der Waals surface area contributed by atoms with Crippen LogP contribution < -0.4 is 26.5 Å². The minimum atomic E-state index is -1.46. The highest BCUT2D eigenvalue weighted by atomic mass is 32.2. The minimum Gasteiger partial charge on any atom is -0.543 e. The number of benzene rings is 1. The molecule has 3 amide bonds. The van der Waals surface area contributed by atoms with E-state index in [9.17, 15) is 24.3 Å². The molecular formula is C22H21N5O5S. The molecule has 0 radical (unpaired) electrons. The maximum absolute atomic E-state index is 12.8. The molecule has 1 saturated heterocycles. The number of β-lactam (4-membered cyclic amide) rings is 1. The number of carbonyl (C=O) groups is 4. The molecule has 2 aliphatic rings. The van der Waals surface area contributed by atoms with Crippen LogP contribution in [0.25, 0.3) is 0 Å². The number of hydrogen-bond donors (Lipinski definition) is 3. The highest BCUT2D eigenvalue weighted by Crippen LogP contribution is 2.40. The molecule has 1 fully saturated rings. The smallest absolute Gasteiger partial charge is 0.253 e. The van der Waals surface area contributed by atoms with Crippen molar-refractivity contribution in [3.05, 3.63) is 76.8 Å². The van der Waals surface area contributed by atoms with E-state index in [1.165, 1.54) is 28.8 Å². The van der Waals surface area contributed by atoms with Gasteiger partial charge in [0.2, 0.25) is 5.91 Å². The Morgan fingerprint density at radius 1 is 1.12 bits per heavy atom. The van der Waals surface area contributed by atoms with Gasteiger partial charge in [-0.2, -0.15) is 0 Å². The van der Waals surface area contributed by atoms with Crippen molar-refractivity contribution < 1.29 is 28.9 Å². The summed E-state index contributed by atoms with van der Waals surface area (Å²) in [4.78, 5) is 49.7. The van der Waals surface area contributed by atoms with Gasteiger partial charge in [0.25, 0.3) is 11.8 Å². The second kappa shape index (κ2) is 9.04. The number of primary amides is 1. The van der Waals surface area contributed by atoms with Gasteiger partial charge in [-0.3, -0.25) is 19.3 Å². The second-order valence-electron chi connectivity index (χ2n) is 7.63. The predicted molar refractivity (Wildman–Crippen MR) is 116 cm³/mol. The van der Waals surface area contributed by atoms with E-state index in [2.05, 4.69) is 5.32 Å². The number of amides is 3. The van der Waals surface area contributed by atoms with E-state index >= 15 is 0 Å². The second-order valence-corrected chi connectivity index (χ2v) is 8.73. The first-order valence-corrected chi connectivity index (χ1v) is 11.1. The molecule has 1 aromatic carbocycles. The van der Waals surface area contributed by atoms with Crippen molar-refractivity contribution in [3.8, 4) is 0 Å². The van der Waals surface area contributed by atoms with E-state index in [4.69, 9.17) is 11.5 Å². The van der Waals surface area contributed by atoms with Gasteiger partial charge in [0.15, 0.2) is 18.9 Å². The first kappa shape index (κ1) is 22.5. The minimum absolute atomic E-state index is 0.187. The average molecular weight is 468 g/mol. The van der Waals surface area contributed by atoms with E-state index in [0.717, 1.165) is 5.56 Å². The summed E-state index contributed by atoms with van der Waals surface area (Å²) in [6.45, 7) is 0.543. The van der Waals surface area contributed by atoms with Gasteiger partial charge in [0.1, 0.15) is 11.4 Å². The normalized spacial score (nSPS) is 19.5. The Balaban J connectivity index is 1.50. The molecule has 3 heterocycles. The SMILES string of the molecule is NCc1ccc(C(=O)NC2C(=O)N3C(C(=O)[O-])=C(C[n+]4ccc(C(N)=O)cc4)CS[C@H]23)cc1. The molecule has 10 nitrogen and oxygen atoms in total. The van der Waals surface area contributed by atoms with Gasteiger partial charge < -0.3 is 26.7 Å². The van der Waals surface area contributed by atoms with Crippen molar-refractivity contribution in [1.82, 2.24) is 10.2 Å². The Bertz CT molecular complexity index is 1160. The molecule has 0 spiro atoms. The van der Waals surface area contributed by atoms with Crippen molar-refractivity contribution in [2.45, 2.75) is 24.5 Å². The molecule has 1 aromatic heterocycles. The summed E-state index contributed by atoms with van der Waals surface area (Å²) in [6.07, 6.45) is 3.21. The summed E-state index contributed by atoms with van der Waals surface area (Å²) in [5, 5.41) is 14.1. The number of carboxylic acid groups (broad SMARTS) is 1. The van der Waals surface area contributed by atoms with E-state index in [1.807, 2.05) is 0 Å². The van der Waals surface area contributed by atoms with E-state index in [0.29, 0.717) is 29.0 Å². The van der Waals surface area contributed by atoms with Gasteiger partial charge in [-0.1, -0.05) is 12.1 Å². The molecule has 33 heavy (non-hydrogen) atoms. The zero-order chi connectivity index (χ0) is 23.7. The number of fused-ring (bicyclic) bond motifs is 1. The van der Waals surface area contributed by atoms with Gasteiger partial charge in [0.05, 0.1) is 17.2 Å². The lowest BCUT2D eigenvalue weighted by Crippen LogP contribution is -2.71. The summed E-state index contributed by atoms with van der Waals surface area (Å²) in [6, 6.07) is 8.93. The van der Waals surface area contributed by atoms with Crippen molar-refractivity contribution in [3.63, 3.8) is 0 Å². The molecule has 11 heteroatoms. The van der Waals surface area contributed by atoms with Crippen LogP contribution in [0.3, 0.4) is 0 Å². The molecule has 0 saturated carbocycles. The maximum atomic E-state index is 12.8. The van der Waals surface area contributed by atoms with Crippen LogP contribution in [0.2, 0.25) is 0 Å². The van der Waals surface area contributed by atoms with Crippen LogP contribution in [0.15, 0.2) is 60.1 Å². The third kappa shape index (κ3) is 4.32. The number of nitrogens with one attached hydrogen (secondary N) is 1. The largest absolute Gasteiger partial charge is 0.543 e. The number of rotatable bonds is 7. The Morgan fingerprint density at radius 2 is 1.79 bits per heavy atom. The van der Waals surface area contributed by atoms with Crippen LogP contribution in [0.5, 0.6) is 0 Å². The monoisotopic (exact) mass is 467 g/mol. The Morgan fingerprint density at radius 3 is 2.36 bits per heavy atom. The molecule has 2 aromatic rings. The number of pyridine rings is 1. The molecule has 5 N–H and O–H groups in total. The molecule has 2 aliphatic heterocycles. The topological polar surface area (TPSA) is 163 Å². The summed E-state index contributed by atoms with van der Waals surface area (Å²) in [7, 11) is 0. The number of hydrogen-bond acceptors (Lipinski definition) is 7. The van der Waals surface area contributed by atoms with Gasteiger partial charge in [-0.15, -0.1) is 11.8 Å². The number of carbonyl (C=O) groups excluding carboxylic acids is 4. The molecular weight excluding hydrogens is 446 g/mol. The van der Waals surface area contributed by atoms with Crippen LogP contribution >= 0.6 is 11.8 Å². The van der Waals surface area contributed by atoms with Gasteiger partial charge in [-0.05, 0) is 17.7 Å². The van der Waals surface area contributed by atoms with E-state index in [-0.39, 0.29) is 12.2 Å². The number of nitrogens with zero attached hydrogens (tertiary/aromatic N) is 2. The summed E-state index contributed by atoms with van der Waals surface area (Å²) in [5.41, 5.74) is 12.7. The highest BCUT2D eigenvalue weighted by Gasteiger charge is 2.53. The molecule has 2 atom stereocenters. The van der Waals surface area contributed by atoms with Crippen LogP contribution in [-0.2, 0) is 22.7 Å². The quantitative estimate of drug-likeness (QED) is 0.321. The van der Waals surface area contributed by atoms with E-state index < -0.39 is 35.1 Å². The van der Waals surface area contributed by atoms with Crippen molar-refractivity contribution in [1.29, 1.82) is 0 Å². The van der Waals surface area contributed by atoms with Crippen LogP contribution in [0.1, 0.15) is 26.3 Å². The number of carboxylic acids is 1. The standard InChI is InChI=1S/C22H21N5O5S/c23-9-12-1-3-14(4-2-12)19(29)25-16-20(30)27-17(22(31)32)15(11-33-21(16)27)10-26-7-5-13(6-8-26)18(24)28/h1-8,16,21H,9-11,23H2,(H3-,24,25,28,29,31,32)/t16?,21-/m1/s1. The first-order valence-electron chi connectivity index (χ1n) is 10.1. The highest BCUT2D eigenvalue weighted by molar-refractivity contribution is 8.00. The van der Waals surface area contributed by atoms with Gasteiger partial charge >= 0.3 is 0 Å². The summed E-state index contributed by atoms with van der Waals surface area (Å²) in [5.74, 6) is -2.63. The molecule has 0 aliphatic carbocycles. The summed E-state index contributed by atoms with van der Waals surface area (Å²) < 4.78 is 1.68. The summed E-state index contributed by atoms with van der Waals surface area (Å²) >= 11 is 1.36. The Hall–Kier alpha value is -3.70. The maximum Gasteiger partial charge on any atom is 0.253 e. The molecule has 170 valence electrons. The zero-order valence-corrected chi connectivity index (χ0v) is 18.2. The van der Waals surface area contributed by atoms with Crippen LogP contribution in [0.4, 0.5) is 0 Å². The lowest BCUT2D eigenvalue weighted by Gasteiger charge is -2.50. The third-order valence-electron chi connectivity index (χ3n) is 5.53. The molecule has 1 unspecified atom stereocenters. The number of aliphatic carboxylic acids is 1. The fourth-order valence-corrected chi connectivity index (χ4v) is 5.09. The zero-order valence-electron chi connectivity index (χ0n) is 17.4. The number of thioether (sulfide) groups is 1. The van der Waals surface area contributed by atoms with E-state index in [1.54, 1.807) is 41.2 Å². The Kier molecular flexibility index (Phi) is 6.16. The fraction of sp³-hybridized carbons (Fsp3) is 0.227. The molecule has 0 bridgehead atoms. The van der Waals surface area contributed by atoms with Crippen LogP contribution in [-0.4, -0.2) is 45.8 Å². The van der Waals surface area contributed by atoms with Crippen molar-refractivity contribution in [2.24, 2.45) is 11.5 Å². The number of aromatic nitrogens is 1. The average Bonchev–Trinajstić information content (AvgIpc) is 2.82. The van der Waals surface area contributed by atoms with Crippen molar-refractivity contribution >= 4 is 35.5 Å².